The number of hydrogen-bond donors (Lipinski definition) is 0. The van der Waals surface area contributed by atoms with E-state index in [1.54, 1.807) is 0 Å². The van der Waals surface area contributed by atoms with Crippen LogP contribution in [0.1, 0.15) is 44.6 Å². The third-order valence-corrected chi connectivity index (χ3v) is 5.56. The third kappa shape index (κ3) is 5.05. The third-order valence-electron chi connectivity index (χ3n) is 5.56. The van der Waals surface area contributed by atoms with Gasteiger partial charge in [-0.15, -0.1) is 0 Å². The molecule has 0 atom stereocenters. The summed E-state index contributed by atoms with van der Waals surface area (Å²) in [6.07, 6.45) is 7.49. The first-order chi connectivity index (χ1) is 12.3. The largest absolute Gasteiger partial charge is 0.311 e. The molecule has 0 saturated carbocycles. The van der Waals surface area contributed by atoms with Crippen LogP contribution in [-0.2, 0) is 11.2 Å². The molecule has 1 saturated heterocycles. The summed E-state index contributed by atoms with van der Waals surface area (Å²) in [5.41, 5.74) is 2.45. The second-order valence-corrected chi connectivity index (χ2v) is 7.46. The number of hydrogen-bond acceptors (Lipinski definition) is 3. The minimum Gasteiger partial charge on any atom is -0.311 e. The fraction of sp³-hybridized carbons (Fsp3) is 0.667. The first kappa shape index (κ1) is 18.4. The van der Waals surface area contributed by atoms with Crippen LogP contribution in [0.2, 0.25) is 0 Å². The molecular weight excluding hydrogens is 310 g/mol. The molecule has 1 fully saturated rings. The number of piperazine rings is 1. The summed E-state index contributed by atoms with van der Waals surface area (Å²) in [6.45, 7) is 9.18. The number of rotatable bonds is 7. The number of anilines is 1. The average Bonchev–Trinajstić information content (AvgIpc) is 2.66. The maximum Gasteiger partial charge on any atom is 0.241 e. The Morgan fingerprint density at radius 1 is 0.960 bits per heavy atom. The van der Waals surface area contributed by atoms with Crippen LogP contribution < -0.4 is 4.90 Å². The predicted molar refractivity (Wildman–Crippen MR) is 104 cm³/mol. The number of unbranched alkanes of at least 4 members (excludes halogenated alkanes) is 3. The normalized spacial score (nSPS) is 19.0. The highest BCUT2D eigenvalue weighted by atomic mass is 16.2. The summed E-state index contributed by atoms with van der Waals surface area (Å²) in [4.78, 5) is 19.7. The molecule has 2 aliphatic rings. The molecule has 0 unspecified atom stereocenters. The highest BCUT2D eigenvalue weighted by molar-refractivity contribution is 5.95. The highest BCUT2D eigenvalue weighted by Gasteiger charge is 2.25. The topological polar surface area (TPSA) is 26.8 Å². The lowest BCUT2D eigenvalue weighted by Gasteiger charge is -2.36. The molecule has 3 rings (SSSR count). The first-order valence-electron chi connectivity index (χ1n) is 10.1. The molecule has 2 aliphatic heterocycles. The summed E-state index contributed by atoms with van der Waals surface area (Å²) in [5.74, 6) is 0.267. The quantitative estimate of drug-likeness (QED) is 0.712. The second-order valence-electron chi connectivity index (χ2n) is 7.46. The van der Waals surface area contributed by atoms with E-state index < -0.39 is 0 Å². The van der Waals surface area contributed by atoms with Crippen molar-refractivity contribution in [3.8, 4) is 0 Å². The molecule has 4 nitrogen and oxygen atoms in total. The van der Waals surface area contributed by atoms with Crippen molar-refractivity contribution in [3.05, 3.63) is 29.8 Å². The van der Waals surface area contributed by atoms with Crippen molar-refractivity contribution < 1.29 is 4.79 Å². The Labute approximate surface area is 152 Å². The molecule has 0 radical (unpaired) electrons. The van der Waals surface area contributed by atoms with E-state index in [-0.39, 0.29) is 5.91 Å². The Hall–Kier alpha value is -1.39. The van der Waals surface area contributed by atoms with Gasteiger partial charge in [-0.1, -0.05) is 44.4 Å². The van der Waals surface area contributed by atoms with Crippen molar-refractivity contribution in [2.45, 2.75) is 45.4 Å². The average molecular weight is 344 g/mol. The van der Waals surface area contributed by atoms with Crippen LogP contribution in [0.25, 0.3) is 0 Å². The summed E-state index contributed by atoms with van der Waals surface area (Å²) >= 11 is 0. The zero-order valence-electron chi connectivity index (χ0n) is 15.8. The molecule has 138 valence electrons. The van der Waals surface area contributed by atoms with Crippen molar-refractivity contribution >= 4 is 11.6 Å². The number of para-hydroxylation sites is 1. The van der Waals surface area contributed by atoms with Gasteiger partial charge < -0.3 is 9.80 Å². The lowest BCUT2D eigenvalue weighted by molar-refractivity contribution is -0.120. The monoisotopic (exact) mass is 343 g/mol. The molecule has 0 spiro atoms. The SMILES string of the molecule is CCCCCCN1CCN(CC(=O)N2CCCc3ccccc32)CC1. The van der Waals surface area contributed by atoms with Crippen LogP contribution in [0.4, 0.5) is 5.69 Å². The van der Waals surface area contributed by atoms with E-state index in [0.717, 1.165) is 51.3 Å². The molecule has 25 heavy (non-hydrogen) atoms. The number of fused-ring (bicyclic) bond motifs is 1. The molecule has 0 aromatic heterocycles. The van der Waals surface area contributed by atoms with Gasteiger partial charge in [-0.05, 0) is 37.4 Å². The Morgan fingerprint density at radius 3 is 2.52 bits per heavy atom. The maximum atomic E-state index is 12.8. The number of amides is 1. The standard InChI is InChI=1S/C21H33N3O/c1-2-3-4-7-12-22-14-16-23(17-15-22)18-21(25)24-13-8-10-19-9-5-6-11-20(19)24/h5-6,9,11H,2-4,7-8,10,12-18H2,1H3. The van der Waals surface area contributed by atoms with Gasteiger partial charge in [0.15, 0.2) is 0 Å². The second kappa shape index (κ2) is 9.35. The van der Waals surface area contributed by atoms with E-state index in [1.807, 2.05) is 11.0 Å². The van der Waals surface area contributed by atoms with Gasteiger partial charge in [-0.25, -0.2) is 0 Å². The van der Waals surface area contributed by atoms with E-state index in [2.05, 4.69) is 34.9 Å². The van der Waals surface area contributed by atoms with Crippen LogP contribution >= 0.6 is 0 Å². The van der Waals surface area contributed by atoms with Crippen LogP contribution in [-0.4, -0.2) is 61.5 Å². The number of aryl methyl sites for hydroxylation is 1. The molecule has 0 bridgehead atoms. The molecule has 0 N–H and O–H groups in total. The van der Waals surface area contributed by atoms with Gasteiger partial charge in [0, 0.05) is 38.4 Å². The lowest BCUT2D eigenvalue weighted by atomic mass is 10.0. The van der Waals surface area contributed by atoms with Crippen molar-refractivity contribution in [1.82, 2.24) is 9.80 Å². The zero-order chi connectivity index (χ0) is 17.5. The van der Waals surface area contributed by atoms with Crippen molar-refractivity contribution in [1.29, 1.82) is 0 Å². The number of benzene rings is 1. The Balaban J connectivity index is 1.44. The fourth-order valence-corrected chi connectivity index (χ4v) is 4.00. The predicted octanol–water partition coefficient (Wildman–Crippen LogP) is 3.16. The fourth-order valence-electron chi connectivity index (χ4n) is 4.00. The van der Waals surface area contributed by atoms with Gasteiger partial charge in [-0.3, -0.25) is 9.69 Å². The summed E-state index contributed by atoms with van der Waals surface area (Å²) in [7, 11) is 0. The zero-order valence-corrected chi connectivity index (χ0v) is 15.8. The van der Waals surface area contributed by atoms with Gasteiger partial charge >= 0.3 is 0 Å². The van der Waals surface area contributed by atoms with Crippen LogP contribution in [0.5, 0.6) is 0 Å². The molecule has 2 heterocycles. The Kier molecular flexibility index (Phi) is 6.88. The first-order valence-corrected chi connectivity index (χ1v) is 10.1. The van der Waals surface area contributed by atoms with E-state index in [0.29, 0.717) is 6.54 Å². The van der Waals surface area contributed by atoms with Gasteiger partial charge in [0.2, 0.25) is 5.91 Å². The molecular formula is C21H33N3O. The number of nitrogens with zero attached hydrogens (tertiary/aromatic N) is 3. The Morgan fingerprint density at radius 2 is 1.72 bits per heavy atom. The minimum absolute atomic E-state index is 0.267. The van der Waals surface area contributed by atoms with E-state index >= 15 is 0 Å². The lowest BCUT2D eigenvalue weighted by Crippen LogP contribution is -2.50. The highest BCUT2D eigenvalue weighted by Crippen LogP contribution is 2.26. The molecule has 4 heteroatoms. The maximum absolute atomic E-state index is 12.8. The van der Waals surface area contributed by atoms with Gasteiger partial charge in [0.1, 0.15) is 0 Å². The van der Waals surface area contributed by atoms with E-state index in [4.69, 9.17) is 0 Å². The molecule has 1 aromatic carbocycles. The van der Waals surface area contributed by atoms with E-state index in [1.165, 1.54) is 37.8 Å². The van der Waals surface area contributed by atoms with Gasteiger partial charge in [0.05, 0.1) is 6.54 Å². The van der Waals surface area contributed by atoms with Crippen LogP contribution in [0, 0.1) is 0 Å². The minimum atomic E-state index is 0.267. The van der Waals surface area contributed by atoms with Crippen molar-refractivity contribution in [3.63, 3.8) is 0 Å². The van der Waals surface area contributed by atoms with Crippen LogP contribution in [0.3, 0.4) is 0 Å². The van der Waals surface area contributed by atoms with Crippen molar-refractivity contribution in [2.24, 2.45) is 0 Å². The van der Waals surface area contributed by atoms with E-state index in [9.17, 15) is 4.79 Å². The summed E-state index contributed by atoms with van der Waals surface area (Å²) in [6, 6.07) is 8.38. The summed E-state index contributed by atoms with van der Waals surface area (Å²) < 4.78 is 0. The van der Waals surface area contributed by atoms with Gasteiger partial charge in [-0.2, -0.15) is 0 Å². The van der Waals surface area contributed by atoms with Crippen LogP contribution in [0.15, 0.2) is 24.3 Å². The summed E-state index contributed by atoms with van der Waals surface area (Å²) in [5, 5.41) is 0. The smallest absolute Gasteiger partial charge is 0.241 e. The number of carbonyl (C=O) groups excluding carboxylic acids is 1. The number of carbonyl (C=O) groups is 1. The molecule has 0 aliphatic carbocycles. The molecule has 1 aromatic rings. The van der Waals surface area contributed by atoms with Crippen molar-refractivity contribution in [2.75, 3.05) is 50.7 Å². The molecule has 1 amide bonds. The van der Waals surface area contributed by atoms with Gasteiger partial charge in [0.25, 0.3) is 0 Å². The Bertz CT molecular complexity index is 552.